The second-order valence-electron chi connectivity index (χ2n) is 5.19. The Bertz CT molecular complexity index is 452. The number of nitrogens with zero attached hydrogens (tertiary/aromatic N) is 2. The number of furan rings is 1. The number of nitro groups is 1. The van der Waals surface area contributed by atoms with Gasteiger partial charge in [0.05, 0.1) is 12.3 Å². The third-order valence-electron chi connectivity index (χ3n) is 3.55. The summed E-state index contributed by atoms with van der Waals surface area (Å²) in [5.41, 5.74) is 0. The first kappa shape index (κ1) is 20.0. The zero-order valence-corrected chi connectivity index (χ0v) is 15.0. The minimum Gasteiger partial charge on any atom is -0.464 e. The van der Waals surface area contributed by atoms with Gasteiger partial charge in [0.25, 0.3) is 0 Å². The minimum atomic E-state index is -0.318. The molecule has 2 N–H and O–H groups in total. The van der Waals surface area contributed by atoms with Crippen LogP contribution in [0.15, 0.2) is 16.5 Å². The number of nitrogens with one attached hydrogen (secondary N) is 2. The van der Waals surface area contributed by atoms with Gasteiger partial charge in [-0.15, -0.1) is 0 Å². The van der Waals surface area contributed by atoms with Crippen molar-refractivity contribution in [3.8, 4) is 0 Å². The third-order valence-corrected chi connectivity index (χ3v) is 4.53. The first-order valence-corrected chi connectivity index (χ1v) is 9.14. The Balaban J connectivity index is 2.21. The van der Waals surface area contributed by atoms with Crippen molar-refractivity contribution in [1.29, 1.82) is 0 Å². The lowest BCUT2D eigenvalue weighted by Gasteiger charge is -2.15. The van der Waals surface area contributed by atoms with Crippen molar-refractivity contribution >= 4 is 11.8 Å². The molecule has 0 fully saturated rings. The molecule has 132 valence electrons. The fraction of sp³-hybridized carbons (Fsp3) is 0.733. The van der Waals surface area contributed by atoms with Gasteiger partial charge in [0, 0.05) is 17.2 Å². The summed E-state index contributed by atoms with van der Waals surface area (Å²) < 4.78 is 5.83. The maximum atomic E-state index is 10.5. The van der Waals surface area contributed by atoms with Crippen molar-refractivity contribution in [3.05, 3.63) is 33.8 Å². The Morgan fingerprint density at radius 3 is 2.65 bits per heavy atom. The average Bonchev–Trinajstić information content (AvgIpc) is 2.98. The maximum absolute atomic E-state index is 10.5. The summed E-state index contributed by atoms with van der Waals surface area (Å²) in [6, 6.07) is 4.07. The van der Waals surface area contributed by atoms with Gasteiger partial charge in [0.15, 0.2) is 0 Å². The van der Waals surface area contributed by atoms with Crippen LogP contribution in [0.4, 0.5) is 0 Å². The Labute approximate surface area is 142 Å². The molecule has 0 aliphatic heterocycles. The predicted molar refractivity (Wildman–Crippen MR) is 94.2 cm³/mol. The highest BCUT2D eigenvalue weighted by molar-refractivity contribution is 7.98. The fourth-order valence-corrected chi connectivity index (χ4v) is 2.90. The molecule has 0 saturated heterocycles. The quantitative estimate of drug-likeness (QED) is 0.244. The zero-order chi connectivity index (χ0) is 17.1. The molecule has 0 aromatic carbocycles. The molecule has 23 heavy (non-hydrogen) atoms. The van der Waals surface area contributed by atoms with Crippen molar-refractivity contribution < 1.29 is 9.34 Å². The smallest absolute Gasteiger partial charge is 0.231 e. The molecule has 1 aromatic rings. The second kappa shape index (κ2) is 11.4. The lowest BCUT2D eigenvalue weighted by Crippen LogP contribution is -2.46. The summed E-state index contributed by atoms with van der Waals surface area (Å²) in [4.78, 5) is 12.5. The van der Waals surface area contributed by atoms with Crippen LogP contribution in [-0.2, 0) is 12.3 Å². The van der Waals surface area contributed by atoms with Crippen molar-refractivity contribution in [1.82, 2.24) is 15.5 Å². The second-order valence-corrected chi connectivity index (χ2v) is 6.30. The van der Waals surface area contributed by atoms with Crippen LogP contribution in [-0.4, -0.2) is 55.0 Å². The zero-order valence-electron chi connectivity index (χ0n) is 14.2. The van der Waals surface area contributed by atoms with E-state index < -0.39 is 0 Å². The van der Waals surface area contributed by atoms with Crippen LogP contribution in [0.5, 0.6) is 0 Å². The van der Waals surface area contributed by atoms with Gasteiger partial charge in [-0.2, -0.15) is 11.8 Å². The summed E-state index contributed by atoms with van der Waals surface area (Å²) in [5.74, 6) is 3.68. The van der Waals surface area contributed by atoms with Crippen LogP contribution in [0.2, 0.25) is 0 Å². The molecule has 0 amide bonds. The van der Waals surface area contributed by atoms with Gasteiger partial charge >= 0.3 is 0 Å². The molecule has 1 unspecified atom stereocenters. The van der Waals surface area contributed by atoms with Gasteiger partial charge < -0.3 is 4.42 Å². The molecule has 0 saturated carbocycles. The predicted octanol–water partition coefficient (Wildman–Crippen LogP) is 1.77. The van der Waals surface area contributed by atoms with Gasteiger partial charge in [-0.05, 0) is 32.3 Å². The lowest BCUT2D eigenvalue weighted by molar-refractivity contribution is -0.484. The molecular formula is C15H28N4O3S. The normalized spacial score (nSPS) is 12.7. The molecule has 0 radical (unpaired) electrons. The summed E-state index contributed by atoms with van der Waals surface area (Å²) >= 11 is 1.75. The van der Waals surface area contributed by atoms with E-state index in [1.54, 1.807) is 18.8 Å². The molecule has 1 rings (SSSR count). The van der Waals surface area contributed by atoms with E-state index in [1.807, 2.05) is 12.1 Å². The highest BCUT2D eigenvalue weighted by Gasteiger charge is 2.11. The van der Waals surface area contributed by atoms with E-state index in [9.17, 15) is 10.1 Å². The Morgan fingerprint density at radius 2 is 2.04 bits per heavy atom. The summed E-state index contributed by atoms with van der Waals surface area (Å²) in [5, 5.41) is 16.5. The molecule has 0 spiro atoms. The van der Waals surface area contributed by atoms with Crippen LogP contribution in [0, 0.1) is 10.1 Å². The first-order valence-electron chi connectivity index (χ1n) is 7.99. The van der Waals surface area contributed by atoms with Crippen LogP contribution in [0.25, 0.3) is 0 Å². The first-order chi connectivity index (χ1) is 11.1. The van der Waals surface area contributed by atoms with E-state index in [0.717, 1.165) is 49.2 Å². The topological polar surface area (TPSA) is 83.6 Å². The average molecular weight is 344 g/mol. The molecule has 0 aliphatic rings. The Hall–Kier alpha value is -1.09. The van der Waals surface area contributed by atoms with Crippen molar-refractivity contribution in [2.45, 2.75) is 32.3 Å². The fourth-order valence-electron chi connectivity index (χ4n) is 2.14. The van der Waals surface area contributed by atoms with Gasteiger partial charge in [0.2, 0.25) is 6.54 Å². The van der Waals surface area contributed by atoms with Crippen LogP contribution >= 0.6 is 11.8 Å². The van der Waals surface area contributed by atoms with E-state index in [0.29, 0.717) is 0 Å². The highest BCUT2D eigenvalue weighted by atomic mass is 32.2. The van der Waals surface area contributed by atoms with Crippen molar-refractivity contribution in [2.75, 3.05) is 39.0 Å². The van der Waals surface area contributed by atoms with Crippen LogP contribution in [0.1, 0.15) is 25.4 Å². The minimum absolute atomic E-state index is 0.117. The van der Waals surface area contributed by atoms with Gasteiger partial charge in [-0.1, -0.05) is 13.8 Å². The van der Waals surface area contributed by atoms with Crippen molar-refractivity contribution in [3.63, 3.8) is 0 Å². The highest BCUT2D eigenvalue weighted by Crippen LogP contribution is 2.16. The van der Waals surface area contributed by atoms with Gasteiger partial charge in [-0.25, -0.2) is 0 Å². The van der Waals surface area contributed by atoms with E-state index >= 15 is 0 Å². The molecule has 1 heterocycles. The summed E-state index contributed by atoms with van der Waals surface area (Å²) in [6.07, 6.45) is -0.283. The van der Waals surface area contributed by atoms with Gasteiger partial charge in [-0.3, -0.25) is 25.6 Å². The third kappa shape index (κ3) is 8.36. The monoisotopic (exact) mass is 344 g/mol. The Morgan fingerprint density at radius 1 is 1.35 bits per heavy atom. The van der Waals surface area contributed by atoms with Gasteiger partial charge in [0.1, 0.15) is 17.7 Å². The molecule has 0 aliphatic carbocycles. The number of thioether (sulfide) groups is 1. The lowest BCUT2D eigenvalue weighted by atomic mass is 10.4. The van der Waals surface area contributed by atoms with E-state index in [-0.39, 0.29) is 17.6 Å². The molecule has 8 heteroatoms. The molecule has 1 atom stereocenters. The van der Waals surface area contributed by atoms with E-state index in [4.69, 9.17) is 4.42 Å². The summed E-state index contributed by atoms with van der Waals surface area (Å²) in [7, 11) is 1.72. The maximum Gasteiger partial charge on any atom is 0.231 e. The Kier molecular flexibility index (Phi) is 9.93. The largest absolute Gasteiger partial charge is 0.464 e. The molecule has 7 nitrogen and oxygen atoms in total. The summed E-state index contributed by atoms with van der Waals surface area (Å²) in [6.45, 7) is 7.78. The molecule has 0 bridgehead atoms. The number of hydrogen-bond donors (Lipinski definition) is 2. The molecular weight excluding hydrogens is 316 g/mol. The van der Waals surface area contributed by atoms with E-state index in [1.165, 1.54) is 0 Å². The number of rotatable bonds is 13. The van der Waals surface area contributed by atoms with Crippen molar-refractivity contribution in [2.24, 2.45) is 0 Å². The number of likely N-dealkylation sites (N-methyl/N-ethyl adjacent to an activating group) is 1. The SMILES string of the molecule is CCN(CC)Cc1ccc(CSCCNC(C[N+](=O)[O-])NC)o1. The molecule has 1 aromatic heterocycles. The van der Waals surface area contributed by atoms with Crippen LogP contribution < -0.4 is 10.6 Å². The van der Waals surface area contributed by atoms with E-state index in [2.05, 4.69) is 29.4 Å². The standard InChI is InChI=1S/C15H28N4O3S/c1-4-18(5-2)10-13-6-7-14(22-13)12-23-9-8-17-15(16-3)11-19(20)21/h6-7,15-17H,4-5,8-12H2,1-3H3. The van der Waals surface area contributed by atoms with Crippen LogP contribution in [0.3, 0.4) is 0 Å². The number of hydrogen-bond acceptors (Lipinski definition) is 7.